The highest BCUT2D eigenvalue weighted by atomic mass is 16.6. The fourth-order valence-electron chi connectivity index (χ4n) is 3.34. The smallest absolute Gasteiger partial charge is 0.408 e. The highest BCUT2D eigenvalue weighted by molar-refractivity contribution is 5.86. The molecule has 0 radical (unpaired) electrons. The molecule has 7 nitrogen and oxygen atoms in total. The number of carbonyl (C=O) groups is 3. The van der Waals surface area contributed by atoms with Gasteiger partial charge in [0.2, 0.25) is 5.91 Å². The van der Waals surface area contributed by atoms with Gasteiger partial charge in [-0.3, -0.25) is 4.79 Å². The number of hydrogen-bond donors (Lipinski definition) is 2. The topological polar surface area (TPSA) is 93.7 Å². The lowest BCUT2D eigenvalue weighted by Gasteiger charge is -2.25. The molecule has 0 saturated heterocycles. The Bertz CT molecular complexity index is 812. The zero-order valence-corrected chi connectivity index (χ0v) is 21.2. The van der Waals surface area contributed by atoms with Crippen LogP contribution in [0.2, 0.25) is 0 Å². The molecule has 0 aromatic heterocycles. The van der Waals surface area contributed by atoms with Crippen molar-refractivity contribution in [3.8, 4) is 0 Å². The van der Waals surface area contributed by atoms with E-state index in [1.165, 1.54) is 7.11 Å². The SMILES string of the molecule is COC(=O)[C@H](CC(C)C)NC(=O)[C@H](C)/C=C(\C)[C@@H](Cc1ccccc1)NC(=O)OC(C)(C)C. The van der Waals surface area contributed by atoms with E-state index in [1.807, 2.05) is 78.0 Å². The molecule has 0 bridgehead atoms. The first-order valence-electron chi connectivity index (χ1n) is 11.4. The predicted molar refractivity (Wildman–Crippen MR) is 130 cm³/mol. The molecule has 1 rings (SSSR count). The van der Waals surface area contributed by atoms with Crippen LogP contribution < -0.4 is 10.6 Å². The Kier molecular flexibility index (Phi) is 11.1. The van der Waals surface area contributed by atoms with Gasteiger partial charge in [-0.05, 0) is 52.0 Å². The summed E-state index contributed by atoms with van der Waals surface area (Å²) in [5.41, 5.74) is 1.25. The molecule has 1 aromatic carbocycles. The average molecular weight is 461 g/mol. The summed E-state index contributed by atoms with van der Waals surface area (Å²) in [6.45, 7) is 13.0. The predicted octanol–water partition coefficient (Wildman–Crippen LogP) is 4.41. The number of ether oxygens (including phenoxy) is 2. The summed E-state index contributed by atoms with van der Waals surface area (Å²) in [7, 11) is 1.31. The van der Waals surface area contributed by atoms with E-state index in [0.29, 0.717) is 12.8 Å². The summed E-state index contributed by atoms with van der Waals surface area (Å²) >= 11 is 0. The second-order valence-electron chi connectivity index (χ2n) is 9.80. The lowest BCUT2D eigenvalue weighted by atomic mass is 9.96. The second kappa shape index (κ2) is 13.0. The van der Waals surface area contributed by atoms with Crippen LogP contribution in [0.1, 0.15) is 60.5 Å². The van der Waals surface area contributed by atoms with E-state index >= 15 is 0 Å². The van der Waals surface area contributed by atoms with E-state index in [-0.39, 0.29) is 17.9 Å². The van der Waals surface area contributed by atoms with E-state index in [4.69, 9.17) is 9.47 Å². The number of benzene rings is 1. The highest BCUT2D eigenvalue weighted by Crippen LogP contribution is 2.16. The normalized spacial score (nSPS) is 14.8. The molecule has 184 valence electrons. The van der Waals surface area contributed by atoms with E-state index < -0.39 is 29.6 Å². The van der Waals surface area contributed by atoms with Crippen molar-refractivity contribution in [3.05, 3.63) is 47.5 Å². The monoisotopic (exact) mass is 460 g/mol. The number of hydrogen-bond acceptors (Lipinski definition) is 5. The number of amides is 2. The third-order valence-corrected chi connectivity index (χ3v) is 4.96. The van der Waals surface area contributed by atoms with Gasteiger partial charge in [0.05, 0.1) is 19.1 Å². The van der Waals surface area contributed by atoms with Crippen LogP contribution >= 0.6 is 0 Å². The first kappa shape index (κ1) is 28.2. The zero-order chi connectivity index (χ0) is 25.2. The molecule has 0 aliphatic heterocycles. The van der Waals surface area contributed by atoms with E-state index in [0.717, 1.165) is 11.1 Å². The molecule has 33 heavy (non-hydrogen) atoms. The van der Waals surface area contributed by atoms with E-state index in [9.17, 15) is 14.4 Å². The first-order valence-corrected chi connectivity index (χ1v) is 11.4. The van der Waals surface area contributed by atoms with Crippen LogP contribution in [0.15, 0.2) is 42.0 Å². The Labute approximate surface area is 198 Å². The zero-order valence-electron chi connectivity index (χ0n) is 21.2. The van der Waals surface area contributed by atoms with Crippen LogP contribution in [0.25, 0.3) is 0 Å². The van der Waals surface area contributed by atoms with Crippen LogP contribution in [0, 0.1) is 11.8 Å². The van der Waals surface area contributed by atoms with Gasteiger partial charge in [-0.25, -0.2) is 9.59 Å². The van der Waals surface area contributed by atoms with Gasteiger partial charge < -0.3 is 20.1 Å². The molecular formula is C26H40N2O5. The van der Waals surface area contributed by atoms with Crippen molar-refractivity contribution < 1.29 is 23.9 Å². The first-order chi connectivity index (χ1) is 15.3. The second-order valence-corrected chi connectivity index (χ2v) is 9.80. The standard InChI is InChI=1S/C26H40N2O5/c1-17(2)14-22(24(30)32-8)27-23(29)19(4)15-18(3)21(16-20-12-10-9-11-13-20)28-25(31)33-26(5,6)7/h9-13,15,17,19,21-22H,14,16H2,1-8H3,(H,27,29)(H,28,31)/b18-15+/t19-,21-,22+/m1/s1. The Morgan fingerprint density at radius 2 is 1.61 bits per heavy atom. The lowest BCUT2D eigenvalue weighted by molar-refractivity contribution is -0.145. The van der Waals surface area contributed by atoms with E-state index in [2.05, 4.69) is 10.6 Å². The Morgan fingerprint density at radius 3 is 2.12 bits per heavy atom. The number of methoxy groups -OCH3 is 1. The molecule has 0 fully saturated rings. The molecule has 0 heterocycles. The van der Waals surface area contributed by atoms with E-state index in [1.54, 1.807) is 6.92 Å². The average Bonchev–Trinajstić information content (AvgIpc) is 2.71. The minimum Gasteiger partial charge on any atom is -0.467 e. The van der Waals surface area contributed by atoms with Crippen LogP contribution in [-0.4, -0.2) is 42.8 Å². The number of esters is 1. The maximum absolute atomic E-state index is 12.8. The summed E-state index contributed by atoms with van der Waals surface area (Å²) in [4.78, 5) is 37.3. The van der Waals surface area contributed by atoms with Gasteiger partial charge in [0.15, 0.2) is 0 Å². The number of nitrogens with one attached hydrogen (secondary N) is 2. The fraction of sp³-hybridized carbons (Fsp3) is 0.577. The van der Waals surface area contributed by atoms with Crippen molar-refractivity contribution in [2.24, 2.45) is 11.8 Å². The van der Waals surface area contributed by atoms with Crippen LogP contribution in [0.4, 0.5) is 4.79 Å². The minimum absolute atomic E-state index is 0.218. The van der Waals surface area contributed by atoms with Gasteiger partial charge >= 0.3 is 12.1 Å². The Morgan fingerprint density at radius 1 is 1.00 bits per heavy atom. The van der Waals surface area contributed by atoms with Crippen molar-refractivity contribution in [2.75, 3.05) is 7.11 Å². The molecule has 0 unspecified atom stereocenters. The van der Waals surface area contributed by atoms with Crippen molar-refractivity contribution in [3.63, 3.8) is 0 Å². The highest BCUT2D eigenvalue weighted by Gasteiger charge is 2.26. The van der Waals surface area contributed by atoms with Gasteiger partial charge in [0.25, 0.3) is 0 Å². The number of alkyl carbamates (subject to hydrolysis) is 1. The molecule has 0 aliphatic carbocycles. The quantitative estimate of drug-likeness (QED) is 0.398. The van der Waals surface area contributed by atoms with Crippen molar-refractivity contribution in [1.82, 2.24) is 10.6 Å². The molecule has 0 saturated carbocycles. The molecule has 3 atom stereocenters. The Balaban J connectivity index is 3.01. The van der Waals surface area contributed by atoms with Gasteiger partial charge in [-0.1, -0.05) is 62.8 Å². The third-order valence-electron chi connectivity index (χ3n) is 4.96. The van der Waals surface area contributed by atoms with Crippen LogP contribution in [0.5, 0.6) is 0 Å². The molecule has 7 heteroatoms. The summed E-state index contributed by atoms with van der Waals surface area (Å²) in [5.74, 6) is -1.03. The van der Waals surface area contributed by atoms with Crippen molar-refractivity contribution in [2.45, 2.75) is 79.0 Å². The molecule has 2 N–H and O–H groups in total. The summed E-state index contributed by atoms with van der Waals surface area (Å²) in [6, 6.07) is 8.74. The lowest BCUT2D eigenvalue weighted by Crippen LogP contribution is -2.44. The fourth-order valence-corrected chi connectivity index (χ4v) is 3.34. The summed E-state index contributed by atoms with van der Waals surface area (Å²) < 4.78 is 10.3. The molecule has 1 aromatic rings. The Hall–Kier alpha value is -2.83. The molecule has 0 aliphatic rings. The number of carbonyl (C=O) groups excluding carboxylic acids is 3. The molecular weight excluding hydrogens is 420 g/mol. The van der Waals surface area contributed by atoms with Gasteiger partial charge in [-0.15, -0.1) is 0 Å². The molecule has 2 amide bonds. The van der Waals surface area contributed by atoms with Crippen molar-refractivity contribution in [1.29, 1.82) is 0 Å². The maximum atomic E-state index is 12.8. The van der Waals surface area contributed by atoms with Gasteiger partial charge in [0.1, 0.15) is 11.6 Å². The van der Waals surface area contributed by atoms with Crippen molar-refractivity contribution >= 4 is 18.0 Å². The molecule has 0 spiro atoms. The van der Waals surface area contributed by atoms with Gasteiger partial charge in [0, 0.05) is 0 Å². The summed E-state index contributed by atoms with van der Waals surface area (Å²) in [5, 5.41) is 5.72. The van der Waals surface area contributed by atoms with Gasteiger partial charge in [-0.2, -0.15) is 0 Å². The third kappa shape index (κ3) is 11.0. The summed E-state index contributed by atoms with van der Waals surface area (Å²) in [6.07, 6.45) is 2.33. The maximum Gasteiger partial charge on any atom is 0.408 e. The minimum atomic E-state index is -0.696. The largest absolute Gasteiger partial charge is 0.467 e. The van der Waals surface area contributed by atoms with Crippen LogP contribution in [0.3, 0.4) is 0 Å². The van der Waals surface area contributed by atoms with Crippen LogP contribution in [-0.2, 0) is 25.5 Å². The number of rotatable bonds is 10.